The number of hydrogen-bond acceptors (Lipinski definition) is 2. The molecule has 21 heavy (non-hydrogen) atoms. The summed E-state index contributed by atoms with van der Waals surface area (Å²) >= 11 is 0. The van der Waals surface area contributed by atoms with Crippen LogP contribution in [0.4, 0.5) is 0 Å². The van der Waals surface area contributed by atoms with Crippen molar-refractivity contribution in [2.24, 2.45) is 5.73 Å². The van der Waals surface area contributed by atoms with Crippen LogP contribution in [0.2, 0.25) is 0 Å². The third-order valence-electron chi connectivity index (χ3n) is 4.22. The molecule has 0 atom stereocenters. The maximum atomic E-state index is 11.8. The van der Waals surface area contributed by atoms with Crippen molar-refractivity contribution < 1.29 is 4.79 Å². The highest BCUT2D eigenvalue weighted by Crippen LogP contribution is 2.47. The number of amides is 1. The molecule has 1 aliphatic carbocycles. The third-order valence-corrected chi connectivity index (χ3v) is 4.22. The smallest absolute Gasteiger partial charge is 0.220 e. The lowest BCUT2D eigenvalue weighted by Gasteiger charge is -2.16. The van der Waals surface area contributed by atoms with E-state index in [1.807, 2.05) is 6.07 Å². The molecule has 0 spiro atoms. The Morgan fingerprint density at radius 2 is 1.76 bits per heavy atom. The first-order valence-corrected chi connectivity index (χ1v) is 7.79. The SMILES string of the molecule is Cl.NCCCCCCC(=O)NCC1(c2ccccc2)CC1. The fraction of sp³-hybridized carbons (Fsp3) is 0.588. The average molecular weight is 311 g/mol. The van der Waals surface area contributed by atoms with Gasteiger partial charge in [0.05, 0.1) is 0 Å². The van der Waals surface area contributed by atoms with Crippen LogP contribution in [0.3, 0.4) is 0 Å². The minimum absolute atomic E-state index is 0. The Bertz CT molecular complexity index is 418. The van der Waals surface area contributed by atoms with E-state index < -0.39 is 0 Å². The first-order valence-electron chi connectivity index (χ1n) is 7.79. The molecule has 3 nitrogen and oxygen atoms in total. The highest BCUT2D eigenvalue weighted by Gasteiger charge is 2.44. The molecule has 3 N–H and O–H groups in total. The summed E-state index contributed by atoms with van der Waals surface area (Å²) in [6.07, 6.45) is 7.31. The van der Waals surface area contributed by atoms with Gasteiger partial charge in [-0.3, -0.25) is 4.79 Å². The molecule has 1 aliphatic rings. The standard InChI is InChI=1S/C17H26N2O.ClH/c18-13-7-2-1-6-10-16(20)19-14-17(11-12-17)15-8-4-3-5-9-15;/h3-5,8-9H,1-2,6-7,10-14,18H2,(H,19,20);1H. The van der Waals surface area contributed by atoms with Crippen molar-refractivity contribution in [2.45, 2.75) is 50.4 Å². The molecule has 0 bridgehead atoms. The minimum atomic E-state index is 0. The summed E-state index contributed by atoms with van der Waals surface area (Å²) in [4.78, 5) is 11.8. The number of hydrogen-bond donors (Lipinski definition) is 2. The molecule has 118 valence electrons. The second kappa shape index (κ2) is 9.06. The Morgan fingerprint density at radius 3 is 2.38 bits per heavy atom. The van der Waals surface area contributed by atoms with E-state index in [-0.39, 0.29) is 23.7 Å². The summed E-state index contributed by atoms with van der Waals surface area (Å²) in [6.45, 7) is 1.55. The molecule has 0 unspecified atom stereocenters. The van der Waals surface area contributed by atoms with Gasteiger partial charge in [0.1, 0.15) is 0 Å². The topological polar surface area (TPSA) is 55.1 Å². The Morgan fingerprint density at radius 1 is 1.10 bits per heavy atom. The van der Waals surface area contributed by atoms with Gasteiger partial charge in [-0.25, -0.2) is 0 Å². The fourth-order valence-corrected chi connectivity index (χ4v) is 2.65. The highest BCUT2D eigenvalue weighted by molar-refractivity contribution is 5.85. The van der Waals surface area contributed by atoms with Crippen molar-refractivity contribution >= 4 is 18.3 Å². The number of carbonyl (C=O) groups excluding carboxylic acids is 1. The van der Waals surface area contributed by atoms with E-state index >= 15 is 0 Å². The molecular weight excluding hydrogens is 284 g/mol. The van der Waals surface area contributed by atoms with E-state index in [0.717, 1.165) is 38.8 Å². The van der Waals surface area contributed by atoms with Gasteiger partial charge in [-0.2, -0.15) is 0 Å². The van der Waals surface area contributed by atoms with Crippen LogP contribution in [0.25, 0.3) is 0 Å². The number of carbonyl (C=O) groups is 1. The zero-order chi connectivity index (χ0) is 14.3. The Labute approximate surface area is 134 Å². The number of nitrogens with two attached hydrogens (primary N) is 1. The fourth-order valence-electron chi connectivity index (χ4n) is 2.65. The summed E-state index contributed by atoms with van der Waals surface area (Å²) in [5, 5.41) is 3.11. The van der Waals surface area contributed by atoms with Crippen molar-refractivity contribution in [3.8, 4) is 0 Å². The normalized spacial score (nSPS) is 15.1. The van der Waals surface area contributed by atoms with E-state index in [9.17, 15) is 4.79 Å². The first kappa shape index (κ1) is 18.0. The molecule has 1 fully saturated rings. The molecule has 0 aromatic heterocycles. The van der Waals surface area contributed by atoms with Gasteiger partial charge in [-0.1, -0.05) is 43.2 Å². The van der Waals surface area contributed by atoms with Gasteiger partial charge in [0.2, 0.25) is 5.91 Å². The largest absolute Gasteiger partial charge is 0.355 e. The van der Waals surface area contributed by atoms with Gasteiger partial charge in [0, 0.05) is 18.4 Å². The second-order valence-corrected chi connectivity index (χ2v) is 5.88. The molecule has 1 aromatic carbocycles. The summed E-state index contributed by atoms with van der Waals surface area (Å²) in [6, 6.07) is 10.5. The predicted molar refractivity (Wildman–Crippen MR) is 89.8 cm³/mol. The van der Waals surface area contributed by atoms with Crippen LogP contribution in [0.5, 0.6) is 0 Å². The van der Waals surface area contributed by atoms with Gasteiger partial charge < -0.3 is 11.1 Å². The lowest BCUT2D eigenvalue weighted by Crippen LogP contribution is -2.32. The number of rotatable bonds is 9. The van der Waals surface area contributed by atoms with Crippen molar-refractivity contribution in [1.82, 2.24) is 5.32 Å². The summed E-state index contributed by atoms with van der Waals surface area (Å²) in [7, 11) is 0. The van der Waals surface area contributed by atoms with Gasteiger partial charge in [0.25, 0.3) is 0 Å². The Kier molecular flexibility index (Phi) is 7.76. The van der Waals surface area contributed by atoms with E-state index in [0.29, 0.717) is 6.42 Å². The monoisotopic (exact) mass is 310 g/mol. The first-order chi connectivity index (χ1) is 9.77. The number of unbranched alkanes of at least 4 members (excludes halogenated alkanes) is 3. The zero-order valence-corrected chi connectivity index (χ0v) is 13.5. The quantitative estimate of drug-likeness (QED) is 0.688. The summed E-state index contributed by atoms with van der Waals surface area (Å²) in [5.74, 6) is 0.194. The van der Waals surface area contributed by atoms with Crippen molar-refractivity contribution in [1.29, 1.82) is 0 Å². The number of halogens is 1. The molecule has 1 amide bonds. The lowest BCUT2D eigenvalue weighted by atomic mass is 9.96. The second-order valence-electron chi connectivity index (χ2n) is 5.88. The zero-order valence-electron chi connectivity index (χ0n) is 12.6. The molecular formula is C17H27ClN2O. The van der Waals surface area contributed by atoms with Gasteiger partial charge in [-0.15, -0.1) is 12.4 Å². The van der Waals surface area contributed by atoms with Gasteiger partial charge in [-0.05, 0) is 37.8 Å². The van der Waals surface area contributed by atoms with E-state index in [1.165, 1.54) is 18.4 Å². The van der Waals surface area contributed by atoms with Gasteiger partial charge >= 0.3 is 0 Å². The van der Waals surface area contributed by atoms with Crippen LogP contribution in [-0.2, 0) is 10.2 Å². The maximum absolute atomic E-state index is 11.8. The van der Waals surface area contributed by atoms with Crippen molar-refractivity contribution in [2.75, 3.05) is 13.1 Å². The van der Waals surface area contributed by atoms with Crippen molar-refractivity contribution in [3.05, 3.63) is 35.9 Å². The predicted octanol–water partition coefficient (Wildman–Crippen LogP) is 3.17. The van der Waals surface area contributed by atoms with Crippen LogP contribution < -0.4 is 11.1 Å². The molecule has 1 aromatic rings. The van der Waals surface area contributed by atoms with Crippen molar-refractivity contribution in [3.63, 3.8) is 0 Å². The lowest BCUT2D eigenvalue weighted by molar-refractivity contribution is -0.121. The van der Waals surface area contributed by atoms with Crippen LogP contribution >= 0.6 is 12.4 Å². The van der Waals surface area contributed by atoms with Crippen LogP contribution in [0.1, 0.15) is 50.5 Å². The average Bonchev–Trinajstić information content (AvgIpc) is 3.27. The van der Waals surface area contributed by atoms with E-state index in [2.05, 4.69) is 29.6 Å². The van der Waals surface area contributed by atoms with Crippen LogP contribution in [0, 0.1) is 0 Å². The van der Waals surface area contributed by atoms with E-state index in [4.69, 9.17) is 5.73 Å². The molecule has 0 heterocycles. The molecule has 0 aliphatic heterocycles. The Balaban J connectivity index is 0.00000220. The number of benzene rings is 1. The molecule has 0 radical (unpaired) electrons. The molecule has 2 rings (SSSR count). The third kappa shape index (κ3) is 5.68. The van der Waals surface area contributed by atoms with Gasteiger partial charge in [0.15, 0.2) is 0 Å². The molecule has 1 saturated carbocycles. The van der Waals surface area contributed by atoms with E-state index in [1.54, 1.807) is 0 Å². The summed E-state index contributed by atoms with van der Waals surface area (Å²) < 4.78 is 0. The summed E-state index contributed by atoms with van der Waals surface area (Å²) in [5.41, 5.74) is 7.03. The molecule has 0 saturated heterocycles. The maximum Gasteiger partial charge on any atom is 0.220 e. The highest BCUT2D eigenvalue weighted by atomic mass is 35.5. The number of nitrogens with one attached hydrogen (secondary N) is 1. The Hall–Kier alpha value is -1.06. The van der Waals surface area contributed by atoms with Crippen LogP contribution in [0.15, 0.2) is 30.3 Å². The minimum Gasteiger partial charge on any atom is -0.355 e. The van der Waals surface area contributed by atoms with Crippen LogP contribution in [-0.4, -0.2) is 19.0 Å². The molecule has 4 heteroatoms.